The molecule has 2 rings (SSSR count). The average molecular weight is 250 g/mol. The summed E-state index contributed by atoms with van der Waals surface area (Å²) in [5.41, 5.74) is 0.428. The highest BCUT2D eigenvalue weighted by Gasteiger charge is 2.25. The van der Waals surface area contributed by atoms with Crippen LogP contribution in [0.1, 0.15) is 34.6 Å². The van der Waals surface area contributed by atoms with Gasteiger partial charge in [0.2, 0.25) is 5.65 Å². The lowest BCUT2D eigenvalue weighted by molar-refractivity contribution is -0.154. The summed E-state index contributed by atoms with van der Waals surface area (Å²) in [7, 11) is 0. The Morgan fingerprint density at radius 2 is 2.00 bits per heavy atom. The van der Waals surface area contributed by atoms with Crippen LogP contribution in [0.4, 0.5) is 0 Å². The standard InChI is InChI=1S/C10H12N4O2.C2H6/c1-10(2,3)9(15)16-14-8-7(12-13-14)5-4-6-11-8;1-2/h4-6H,1-3H3;1-2H3. The molecule has 0 N–H and O–H groups in total. The number of hydrogen-bond donors (Lipinski definition) is 0. The minimum Gasteiger partial charge on any atom is -0.315 e. The van der Waals surface area contributed by atoms with E-state index in [0.717, 1.165) is 4.85 Å². The molecule has 0 unspecified atom stereocenters. The van der Waals surface area contributed by atoms with Gasteiger partial charge in [-0.15, -0.1) is 5.10 Å². The first kappa shape index (κ1) is 14.1. The first-order chi connectivity index (χ1) is 8.48. The van der Waals surface area contributed by atoms with Crippen molar-refractivity contribution in [2.24, 2.45) is 5.41 Å². The monoisotopic (exact) mass is 250 g/mol. The summed E-state index contributed by atoms with van der Waals surface area (Å²) in [4.78, 5) is 21.8. The molecular formula is C12H18N4O2. The van der Waals surface area contributed by atoms with E-state index in [-0.39, 0.29) is 5.97 Å². The van der Waals surface area contributed by atoms with Crippen molar-refractivity contribution in [2.45, 2.75) is 34.6 Å². The van der Waals surface area contributed by atoms with Crippen LogP contribution in [-0.2, 0) is 4.79 Å². The van der Waals surface area contributed by atoms with Crippen molar-refractivity contribution in [1.29, 1.82) is 0 Å². The zero-order valence-corrected chi connectivity index (χ0v) is 11.3. The quantitative estimate of drug-likeness (QED) is 0.722. The number of nitrogens with zero attached hydrogens (tertiary/aromatic N) is 4. The van der Waals surface area contributed by atoms with Crippen LogP contribution in [0.3, 0.4) is 0 Å². The van der Waals surface area contributed by atoms with Crippen molar-refractivity contribution in [3.05, 3.63) is 18.3 Å². The van der Waals surface area contributed by atoms with Gasteiger partial charge in [-0.3, -0.25) is 0 Å². The van der Waals surface area contributed by atoms with E-state index in [0.29, 0.717) is 11.2 Å². The molecule has 6 nitrogen and oxygen atoms in total. The summed E-state index contributed by atoms with van der Waals surface area (Å²) in [6, 6.07) is 3.49. The molecule has 0 aliphatic rings. The van der Waals surface area contributed by atoms with Gasteiger partial charge in [0.15, 0.2) is 0 Å². The highest BCUT2D eigenvalue weighted by Crippen LogP contribution is 2.14. The minimum atomic E-state index is -0.590. The SMILES string of the molecule is CC.CC(C)(C)C(=O)On1nnc2cccnc21. The molecule has 0 spiro atoms. The van der Waals surface area contributed by atoms with Gasteiger partial charge >= 0.3 is 5.97 Å². The van der Waals surface area contributed by atoms with E-state index in [2.05, 4.69) is 15.3 Å². The van der Waals surface area contributed by atoms with Gasteiger partial charge in [0.05, 0.1) is 5.41 Å². The highest BCUT2D eigenvalue weighted by atomic mass is 16.7. The Morgan fingerprint density at radius 3 is 2.61 bits per heavy atom. The Balaban J connectivity index is 0.000000771. The van der Waals surface area contributed by atoms with Crippen molar-refractivity contribution in [2.75, 3.05) is 0 Å². The second-order valence-electron chi connectivity index (χ2n) is 4.44. The third kappa shape index (κ3) is 3.03. The predicted octanol–water partition coefficient (Wildman–Crippen LogP) is 1.85. The van der Waals surface area contributed by atoms with Crippen molar-refractivity contribution in [3.63, 3.8) is 0 Å². The molecule has 2 heterocycles. The van der Waals surface area contributed by atoms with Crippen molar-refractivity contribution < 1.29 is 9.63 Å². The molecule has 2 aromatic heterocycles. The van der Waals surface area contributed by atoms with E-state index < -0.39 is 5.41 Å². The second kappa shape index (κ2) is 5.57. The Labute approximate surface area is 106 Å². The number of fused-ring (bicyclic) bond motifs is 1. The lowest BCUT2D eigenvalue weighted by atomic mass is 9.98. The molecule has 98 valence electrons. The molecule has 0 atom stereocenters. The van der Waals surface area contributed by atoms with Gasteiger partial charge < -0.3 is 4.84 Å². The van der Waals surface area contributed by atoms with Crippen LogP contribution in [0.15, 0.2) is 18.3 Å². The van der Waals surface area contributed by atoms with Crippen LogP contribution >= 0.6 is 0 Å². The summed E-state index contributed by atoms with van der Waals surface area (Å²) in [5.74, 6) is -0.384. The zero-order chi connectivity index (χ0) is 13.8. The number of carbonyl (C=O) groups is 1. The van der Waals surface area contributed by atoms with E-state index in [1.807, 2.05) is 13.8 Å². The van der Waals surface area contributed by atoms with E-state index in [1.54, 1.807) is 39.1 Å². The van der Waals surface area contributed by atoms with Crippen molar-refractivity contribution >= 4 is 17.1 Å². The normalized spacial score (nSPS) is 10.7. The van der Waals surface area contributed by atoms with E-state index >= 15 is 0 Å². The molecule has 0 aromatic carbocycles. The fourth-order valence-electron chi connectivity index (χ4n) is 1.02. The van der Waals surface area contributed by atoms with Crippen LogP contribution in [0, 0.1) is 5.41 Å². The van der Waals surface area contributed by atoms with Crippen LogP contribution in [0.5, 0.6) is 0 Å². The lowest BCUT2D eigenvalue weighted by Crippen LogP contribution is -2.32. The van der Waals surface area contributed by atoms with Gasteiger partial charge in [-0.25, -0.2) is 9.78 Å². The second-order valence-corrected chi connectivity index (χ2v) is 4.44. The van der Waals surface area contributed by atoms with Gasteiger partial charge in [-0.1, -0.05) is 13.8 Å². The van der Waals surface area contributed by atoms with Gasteiger partial charge in [-0.05, 0) is 43.0 Å². The Hall–Kier alpha value is -1.98. The smallest absolute Gasteiger partial charge is 0.315 e. The maximum atomic E-state index is 11.6. The number of rotatable bonds is 1. The molecule has 0 saturated heterocycles. The van der Waals surface area contributed by atoms with E-state index in [1.165, 1.54) is 0 Å². The fraction of sp³-hybridized carbons (Fsp3) is 0.500. The molecular weight excluding hydrogens is 232 g/mol. The molecule has 2 aromatic rings. The number of hydrogen-bond acceptors (Lipinski definition) is 5. The fourth-order valence-corrected chi connectivity index (χ4v) is 1.02. The highest BCUT2D eigenvalue weighted by molar-refractivity contribution is 5.76. The molecule has 0 amide bonds. The van der Waals surface area contributed by atoms with Crippen LogP contribution in [0.25, 0.3) is 11.2 Å². The molecule has 0 radical (unpaired) electrons. The average Bonchev–Trinajstić information content (AvgIpc) is 2.74. The molecule has 18 heavy (non-hydrogen) atoms. The molecule has 0 fully saturated rings. The molecule has 0 aliphatic carbocycles. The summed E-state index contributed by atoms with van der Waals surface area (Å²) in [6.45, 7) is 9.30. The summed E-state index contributed by atoms with van der Waals surface area (Å²) in [5, 5.41) is 7.54. The van der Waals surface area contributed by atoms with Crippen LogP contribution < -0.4 is 4.84 Å². The molecule has 0 aliphatic heterocycles. The first-order valence-electron chi connectivity index (χ1n) is 5.88. The Bertz CT molecular complexity index is 528. The Morgan fingerprint density at radius 1 is 1.33 bits per heavy atom. The van der Waals surface area contributed by atoms with Crippen molar-refractivity contribution in [3.8, 4) is 0 Å². The lowest BCUT2D eigenvalue weighted by Gasteiger charge is -2.14. The number of carbonyl (C=O) groups excluding carboxylic acids is 1. The maximum Gasteiger partial charge on any atom is 0.340 e. The van der Waals surface area contributed by atoms with E-state index in [9.17, 15) is 4.79 Å². The zero-order valence-electron chi connectivity index (χ0n) is 11.3. The van der Waals surface area contributed by atoms with E-state index in [4.69, 9.17) is 4.84 Å². The largest absolute Gasteiger partial charge is 0.340 e. The third-order valence-corrected chi connectivity index (χ3v) is 1.96. The third-order valence-electron chi connectivity index (χ3n) is 1.96. The summed E-state index contributed by atoms with van der Waals surface area (Å²) >= 11 is 0. The minimum absolute atomic E-state index is 0.384. The van der Waals surface area contributed by atoms with Crippen molar-refractivity contribution in [1.82, 2.24) is 20.1 Å². The maximum absolute atomic E-state index is 11.6. The topological polar surface area (TPSA) is 69.9 Å². The number of pyridine rings is 1. The molecule has 0 bridgehead atoms. The summed E-state index contributed by atoms with van der Waals surface area (Å²) in [6.07, 6.45) is 1.59. The molecule has 6 heteroatoms. The number of aromatic nitrogens is 4. The first-order valence-corrected chi connectivity index (χ1v) is 5.88. The summed E-state index contributed by atoms with van der Waals surface area (Å²) < 4.78 is 0. The van der Waals surface area contributed by atoms with Gasteiger partial charge in [0.25, 0.3) is 0 Å². The van der Waals surface area contributed by atoms with Crippen LogP contribution in [-0.4, -0.2) is 26.1 Å². The van der Waals surface area contributed by atoms with Gasteiger partial charge in [0, 0.05) is 6.20 Å². The van der Waals surface area contributed by atoms with Crippen LogP contribution in [0.2, 0.25) is 0 Å². The Kier molecular flexibility index (Phi) is 4.36. The molecule has 0 saturated carbocycles. The predicted molar refractivity (Wildman–Crippen MR) is 67.7 cm³/mol. The van der Waals surface area contributed by atoms with Gasteiger partial charge in [0.1, 0.15) is 5.52 Å². The van der Waals surface area contributed by atoms with Gasteiger partial charge in [-0.2, -0.15) is 0 Å².